The van der Waals surface area contributed by atoms with Crippen molar-refractivity contribution >= 4 is 21.6 Å². The molecule has 1 aromatic rings. The van der Waals surface area contributed by atoms with Gasteiger partial charge >= 0.3 is 0 Å². The number of nitrogens with zero attached hydrogens (tertiary/aromatic N) is 1. The van der Waals surface area contributed by atoms with E-state index in [-0.39, 0.29) is 0 Å². The molecular formula is C17H27BrN2. The molecular weight excluding hydrogens is 312 g/mol. The van der Waals surface area contributed by atoms with E-state index in [4.69, 9.17) is 0 Å². The van der Waals surface area contributed by atoms with Crippen molar-refractivity contribution in [2.24, 2.45) is 5.41 Å². The summed E-state index contributed by atoms with van der Waals surface area (Å²) in [6.07, 6.45) is 2.63. The highest BCUT2D eigenvalue weighted by atomic mass is 79.9. The van der Waals surface area contributed by atoms with Crippen LogP contribution in [-0.4, -0.2) is 19.6 Å². The second kappa shape index (κ2) is 6.48. The third-order valence-corrected chi connectivity index (χ3v) is 4.91. The Balaban J connectivity index is 2.16. The van der Waals surface area contributed by atoms with Crippen molar-refractivity contribution in [3.63, 3.8) is 0 Å². The predicted molar refractivity (Wildman–Crippen MR) is 91.5 cm³/mol. The van der Waals surface area contributed by atoms with Crippen LogP contribution >= 0.6 is 15.9 Å². The van der Waals surface area contributed by atoms with Crippen molar-refractivity contribution in [2.45, 2.75) is 46.6 Å². The van der Waals surface area contributed by atoms with Gasteiger partial charge in [0.2, 0.25) is 0 Å². The summed E-state index contributed by atoms with van der Waals surface area (Å²) in [5.41, 5.74) is 3.12. The highest BCUT2D eigenvalue weighted by molar-refractivity contribution is 9.10. The minimum absolute atomic E-state index is 0.390. The molecule has 20 heavy (non-hydrogen) atoms. The Kier molecular flexibility index (Phi) is 5.14. The van der Waals surface area contributed by atoms with E-state index in [0.717, 1.165) is 13.1 Å². The fraction of sp³-hybridized carbons (Fsp3) is 0.647. The summed E-state index contributed by atoms with van der Waals surface area (Å²) in [5.74, 6) is 0. The molecule has 1 aliphatic rings. The Morgan fingerprint density at radius 1 is 1.40 bits per heavy atom. The summed E-state index contributed by atoms with van der Waals surface area (Å²) in [4.78, 5) is 2.52. The first-order valence-electron chi connectivity index (χ1n) is 7.71. The van der Waals surface area contributed by atoms with Crippen molar-refractivity contribution < 1.29 is 0 Å². The second-order valence-corrected chi connectivity index (χ2v) is 7.53. The molecule has 1 atom stereocenters. The molecule has 1 aliphatic heterocycles. The average Bonchev–Trinajstić information content (AvgIpc) is 2.37. The minimum Gasteiger partial charge on any atom is -0.371 e. The van der Waals surface area contributed by atoms with E-state index in [1.807, 2.05) is 0 Å². The van der Waals surface area contributed by atoms with Crippen LogP contribution in [0, 0.1) is 5.41 Å². The first kappa shape index (κ1) is 15.8. The lowest BCUT2D eigenvalue weighted by Crippen LogP contribution is -2.40. The van der Waals surface area contributed by atoms with E-state index in [2.05, 4.69) is 72.0 Å². The van der Waals surface area contributed by atoms with Crippen molar-refractivity contribution in [1.29, 1.82) is 0 Å². The van der Waals surface area contributed by atoms with Crippen LogP contribution in [0.1, 0.15) is 52.1 Å². The molecule has 0 bridgehead atoms. The van der Waals surface area contributed by atoms with E-state index in [0.29, 0.717) is 11.5 Å². The molecule has 2 nitrogen and oxygen atoms in total. The van der Waals surface area contributed by atoms with Crippen LogP contribution in [0.15, 0.2) is 22.7 Å². The maximum Gasteiger partial charge on any atom is 0.0377 e. The summed E-state index contributed by atoms with van der Waals surface area (Å²) in [6.45, 7) is 12.4. The predicted octanol–water partition coefficient (Wildman–Crippen LogP) is 4.75. The largest absolute Gasteiger partial charge is 0.371 e. The normalized spacial score (nSPS) is 19.9. The van der Waals surface area contributed by atoms with Crippen LogP contribution < -0.4 is 10.2 Å². The Morgan fingerprint density at radius 2 is 2.15 bits per heavy atom. The highest BCUT2D eigenvalue weighted by Gasteiger charge is 2.26. The Labute approximate surface area is 132 Å². The van der Waals surface area contributed by atoms with Gasteiger partial charge in [-0.2, -0.15) is 0 Å². The number of piperidine rings is 1. The highest BCUT2D eigenvalue weighted by Crippen LogP contribution is 2.34. The Bertz CT molecular complexity index is 456. The average molecular weight is 339 g/mol. The number of nitrogens with one attached hydrogen (secondary N) is 1. The van der Waals surface area contributed by atoms with Crippen LogP contribution in [0.4, 0.5) is 5.69 Å². The fourth-order valence-corrected chi connectivity index (χ4v) is 3.83. The zero-order chi connectivity index (χ0) is 14.8. The topological polar surface area (TPSA) is 15.3 Å². The van der Waals surface area contributed by atoms with Crippen LogP contribution in [-0.2, 0) is 0 Å². The number of hydrogen-bond acceptors (Lipinski definition) is 2. The van der Waals surface area contributed by atoms with Crippen molar-refractivity contribution in [1.82, 2.24) is 5.32 Å². The molecule has 0 aromatic heterocycles. The molecule has 3 heteroatoms. The van der Waals surface area contributed by atoms with E-state index < -0.39 is 0 Å². The lowest BCUT2D eigenvalue weighted by molar-refractivity contribution is 0.293. The van der Waals surface area contributed by atoms with Gasteiger partial charge < -0.3 is 10.2 Å². The van der Waals surface area contributed by atoms with E-state index in [1.165, 1.54) is 35.1 Å². The summed E-state index contributed by atoms with van der Waals surface area (Å²) in [7, 11) is 0. The number of rotatable bonds is 4. The molecule has 2 rings (SSSR count). The fourth-order valence-electron chi connectivity index (χ4n) is 3.12. The first-order valence-corrected chi connectivity index (χ1v) is 8.50. The molecule has 0 aliphatic carbocycles. The lowest BCUT2D eigenvalue weighted by atomic mass is 9.84. The van der Waals surface area contributed by atoms with Gasteiger partial charge in [-0.1, -0.05) is 42.8 Å². The number of hydrogen-bond donors (Lipinski definition) is 1. The second-order valence-electron chi connectivity index (χ2n) is 6.67. The third kappa shape index (κ3) is 3.76. The molecule has 1 aromatic carbocycles. The molecule has 0 spiro atoms. The molecule has 1 fully saturated rings. The van der Waals surface area contributed by atoms with Crippen LogP contribution in [0.25, 0.3) is 0 Å². The third-order valence-electron chi connectivity index (χ3n) is 4.23. The smallest absolute Gasteiger partial charge is 0.0377 e. The lowest BCUT2D eigenvalue weighted by Gasteiger charge is -2.39. The van der Waals surface area contributed by atoms with Crippen LogP contribution in [0.2, 0.25) is 0 Å². The quantitative estimate of drug-likeness (QED) is 0.852. The van der Waals surface area contributed by atoms with Crippen molar-refractivity contribution in [3.05, 3.63) is 28.2 Å². The summed E-state index contributed by atoms with van der Waals surface area (Å²) in [5, 5.41) is 3.47. The maximum absolute atomic E-state index is 3.75. The van der Waals surface area contributed by atoms with Gasteiger partial charge in [0.1, 0.15) is 0 Å². The van der Waals surface area contributed by atoms with Gasteiger partial charge in [-0.3, -0.25) is 0 Å². The van der Waals surface area contributed by atoms with Gasteiger partial charge in [0.15, 0.2) is 0 Å². The summed E-state index contributed by atoms with van der Waals surface area (Å²) < 4.78 is 1.21. The zero-order valence-electron chi connectivity index (χ0n) is 13.2. The van der Waals surface area contributed by atoms with Crippen molar-refractivity contribution in [3.8, 4) is 0 Å². The molecule has 1 saturated heterocycles. The van der Waals surface area contributed by atoms with Crippen LogP contribution in [0.3, 0.4) is 0 Å². The van der Waals surface area contributed by atoms with E-state index in [9.17, 15) is 0 Å². The van der Waals surface area contributed by atoms with Crippen LogP contribution in [0.5, 0.6) is 0 Å². The van der Waals surface area contributed by atoms with Gasteiger partial charge in [-0.15, -0.1) is 0 Å². The summed E-state index contributed by atoms with van der Waals surface area (Å²) >= 11 is 3.75. The maximum atomic E-state index is 3.75. The molecule has 0 saturated carbocycles. The molecule has 1 heterocycles. The monoisotopic (exact) mass is 338 g/mol. The zero-order valence-corrected chi connectivity index (χ0v) is 14.8. The summed E-state index contributed by atoms with van der Waals surface area (Å²) in [6, 6.07) is 7.20. The molecule has 1 N–H and O–H groups in total. The molecule has 0 amide bonds. The standard InChI is InChI=1S/C17H27BrN2/c1-5-19-13(2)15-8-7-14(11-16(15)18)20-10-6-9-17(3,4)12-20/h7-8,11,13,19H,5-6,9-10,12H2,1-4H3. The van der Waals surface area contributed by atoms with Gasteiger partial charge in [-0.25, -0.2) is 0 Å². The number of halogens is 1. The van der Waals surface area contributed by atoms with Gasteiger partial charge in [-0.05, 0) is 49.4 Å². The Morgan fingerprint density at radius 3 is 2.75 bits per heavy atom. The van der Waals surface area contributed by atoms with Gasteiger partial charge in [0.25, 0.3) is 0 Å². The number of benzene rings is 1. The van der Waals surface area contributed by atoms with Gasteiger partial charge in [0.05, 0.1) is 0 Å². The molecule has 1 unspecified atom stereocenters. The Hall–Kier alpha value is -0.540. The molecule has 112 valence electrons. The first-order chi connectivity index (χ1) is 9.43. The van der Waals surface area contributed by atoms with E-state index in [1.54, 1.807) is 0 Å². The minimum atomic E-state index is 0.390. The van der Waals surface area contributed by atoms with Crippen molar-refractivity contribution in [2.75, 3.05) is 24.5 Å². The van der Waals surface area contributed by atoms with Gasteiger partial charge in [0, 0.05) is 29.3 Å². The molecule has 0 radical (unpaired) electrons. The van der Waals surface area contributed by atoms with E-state index >= 15 is 0 Å². The SMILES string of the molecule is CCNC(C)c1ccc(N2CCCC(C)(C)C2)cc1Br. The number of anilines is 1.